The lowest BCUT2D eigenvalue weighted by Gasteiger charge is -2.24. The Hall–Kier alpha value is -5.44. The number of benzene rings is 3. The van der Waals surface area contributed by atoms with Gasteiger partial charge in [-0.05, 0) is 60.7 Å². The van der Waals surface area contributed by atoms with Crippen molar-refractivity contribution in [2.24, 2.45) is 0 Å². The molecule has 0 bridgehead atoms. The highest BCUT2D eigenvalue weighted by atomic mass is 79.9. The number of carboxylic acids is 1. The number of rotatable bonds is 12. The van der Waals surface area contributed by atoms with Gasteiger partial charge >= 0.3 is 29.8 Å². The largest absolute Gasteiger partial charge is 0.493 e. The number of halogens is 1. The lowest BCUT2D eigenvalue weighted by molar-refractivity contribution is -0.157. The normalized spacial score (nSPS) is 11.7. The first-order valence-electron chi connectivity index (χ1n) is 12.8. The zero-order chi connectivity index (χ0) is 33.3. The van der Waals surface area contributed by atoms with Gasteiger partial charge in [-0.1, -0.05) is 15.9 Å². The van der Waals surface area contributed by atoms with Gasteiger partial charge in [-0.15, -0.1) is 0 Å². The van der Waals surface area contributed by atoms with Crippen LogP contribution in [-0.4, -0.2) is 67.3 Å². The minimum atomic E-state index is -2.35. The first-order chi connectivity index (χ1) is 21.3. The number of anilines is 1. The molecule has 0 aliphatic heterocycles. The van der Waals surface area contributed by atoms with E-state index in [0.717, 1.165) is 26.0 Å². The molecule has 15 heteroatoms. The maximum Gasteiger partial charge on any atom is 0.349 e. The number of esters is 4. The van der Waals surface area contributed by atoms with Gasteiger partial charge in [-0.2, -0.15) is 0 Å². The van der Waals surface area contributed by atoms with Crippen LogP contribution in [0.3, 0.4) is 0 Å². The summed E-state index contributed by atoms with van der Waals surface area (Å²) in [6.45, 7) is 2.32. The molecule has 236 valence electrons. The van der Waals surface area contributed by atoms with Crippen molar-refractivity contribution < 1.29 is 62.3 Å². The summed E-state index contributed by atoms with van der Waals surface area (Å²) in [7, 11) is 2.49. The molecule has 0 aromatic heterocycles. The summed E-state index contributed by atoms with van der Waals surface area (Å²) >= 11 is 3.26. The van der Waals surface area contributed by atoms with E-state index in [4.69, 9.17) is 28.4 Å². The minimum absolute atomic E-state index is 0.0152. The number of methoxy groups -OCH3 is 2. The molecule has 0 radical (unpaired) electrons. The van der Waals surface area contributed by atoms with Crippen LogP contribution >= 0.6 is 15.9 Å². The van der Waals surface area contributed by atoms with Gasteiger partial charge in [-0.25, -0.2) is 14.4 Å². The summed E-state index contributed by atoms with van der Waals surface area (Å²) in [6.07, 6.45) is -4.57. The quantitative estimate of drug-likeness (QED) is 0.207. The molecule has 45 heavy (non-hydrogen) atoms. The van der Waals surface area contributed by atoms with E-state index < -0.39 is 48.0 Å². The summed E-state index contributed by atoms with van der Waals surface area (Å²) in [5.41, 5.74) is -0.249. The fourth-order valence-corrected chi connectivity index (χ4v) is 3.94. The van der Waals surface area contributed by atoms with Crippen LogP contribution in [-0.2, 0) is 28.7 Å². The number of carboxylic acid groups (broad SMARTS) is 1. The first kappa shape index (κ1) is 34.1. The highest BCUT2D eigenvalue weighted by Gasteiger charge is 2.41. The zero-order valence-corrected chi connectivity index (χ0v) is 25.7. The maximum absolute atomic E-state index is 13.4. The standard InChI is InChI=1S/C30H26BrNO13/c1-15(33)42-21-11-5-17(13-23(21)40-3)29(38)44-25(27(35)32-20-9-7-19(31)8-10-20)26(28(36)37)45-30(39)18-6-12-22(43-16(2)34)24(14-18)41-4/h5-14,25-26H,1-4H3,(H,32,35)(H,36,37)/t25-,26+/m0/s1. The number of ether oxygens (including phenoxy) is 6. The van der Waals surface area contributed by atoms with Crippen molar-refractivity contribution in [3.63, 3.8) is 0 Å². The number of aliphatic carboxylic acids is 1. The molecule has 3 rings (SSSR count). The first-order valence-corrected chi connectivity index (χ1v) is 13.6. The predicted molar refractivity (Wildman–Crippen MR) is 157 cm³/mol. The smallest absolute Gasteiger partial charge is 0.349 e. The monoisotopic (exact) mass is 687 g/mol. The zero-order valence-electron chi connectivity index (χ0n) is 24.2. The summed E-state index contributed by atoms with van der Waals surface area (Å²) < 4.78 is 31.4. The third-order valence-electron chi connectivity index (χ3n) is 5.66. The Morgan fingerprint density at radius 2 is 1.11 bits per heavy atom. The van der Waals surface area contributed by atoms with Crippen LogP contribution < -0.4 is 24.3 Å². The molecule has 0 spiro atoms. The van der Waals surface area contributed by atoms with Crippen LogP contribution in [0.1, 0.15) is 34.6 Å². The van der Waals surface area contributed by atoms with Crippen molar-refractivity contribution in [1.29, 1.82) is 0 Å². The highest BCUT2D eigenvalue weighted by Crippen LogP contribution is 2.30. The molecule has 0 fully saturated rings. The van der Waals surface area contributed by atoms with Gasteiger partial charge < -0.3 is 38.8 Å². The van der Waals surface area contributed by atoms with Gasteiger partial charge in [0.05, 0.1) is 25.3 Å². The van der Waals surface area contributed by atoms with Crippen molar-refractivity contribution in [2.45, 2.75) is 26.1 Å². The summed E-state index contributed by atoms with van der Waals surface area (Å²) in [4.78, 5) is 74.7. The third-order valence-corrected chi connectivity index (χ3v) is 6.19. The molecule has 3 aromatic carbocycles. The average Bonchev–Trinajstić information content (AvgIpc) is 2.99. The van der Waals surface area contributed by atoms with Gasteiger partial charge in [0.15, 0.2) is 23.0 Å². The van der Waals surface area contributed by atoms with Crippen LogP contribution in [0.2, 0.25) is 0 Å². The van der Waals surface area contributed by atoms with E-state index in [1.165, 1.54) is 50.6 Å². The van der Waals surface area contributed by atoms with Crippen LogP contribution in [0.25, 0.3) is 0 Å². The van der Waals surface area contributed by atoms with Crippen molar-refractivity contribution in [2.75, 3.05) is 19.5 Å². The lowest BCUT2D eigenvalue weighted by atomic mass is 10.1. The van der Waals surface area contributed by atoms with Gasteiger partial charge in [-0.3, -0.25) is 14.4 Å². The third kappa shape index (κ3) is 9.27. The molecule has 0 aliphatic rings. The van der Waals surface area contributed by atoms with Crippen LogP contribution in [0.5, 0.6) is 23.0 Å². The lowest BCUT2D eigenvalue weighted by Crippen LogP contribution is -2.48. The molecule has 1 amide bonds. The molecule has 0 unspecified atom stereocenters. The number of hydrogen-bond donors (Lipinski definition) is 2. The Balaban J connectivity index is 1.96. The fraction of sp³-hybridized carbons (Fsp3) is 0.200. The molecule has 14 nitrogen and oxygen atoms in total. The molecule has 0 aliphatic carbocycles. The van der Waals surface area contributed by atoms with Crippen molar-refractivity contribution >= 4 is 57.4 Å². The van der Waals surface area contributed by atoms with E-state index in [1.807, 2.05) is 0 Å². The van der Waals surface area contributed by atoms with Crippen LogP contribution in [0, 0.1) is 0 Å². The number of hydrogen-bond acceptors (Lipinski definition) is 12. The van der Waals surface area contributed by atoms with E-state index in [9.17, 15) is 33.9 Å². The summed E-state index contributed by atoms with van der Waals surface area (Å²) in [5.74, 6) is -6.83. The molecule has 0 heterocycles. The predicted octanol–water partition coefficient (Wildman–Crippen LogP) is 3.79. The Labute approximate surface area is 264 Å². The fourth-order valence-electron chi connectivity index (χ4n) is 3.68. The Kier molecular flexibility index (Phi) is 11.6. The van der Waals surface area contributed by atoms with Crippen LogP contribution in [0.4, 0.5) is 5.69 Å². The van der Waals surface area contributed by atoms with Crippen molar-refractivity contribution in [3.05, 3.63) is 76.3 Å². The number of amides is 1. The van der Waals surface area contributed by atoms with E-state index in [0.29, 0.717) is 4.47 Å². The molecule has 0 saturated carbocycles. The molecule has 3 aromatic rings. The topological polar surface area (TPSA) is 190 Å². The summed E-state index contributed by atoms with van der Waals surface area (Å²) in [5, 5.41) is 12.4. The van der Waals surface area contributed by atoms with Gasteiger partial charge in [0, 0.05) is 24.0 Å². The van der Waals surface area contributed by atoms with E-state index in [-0.39, 0.29) is 39.8 Å². The van der Waals surface area contributed by atoms with Crippen molar-refractivity contribution in [3.8, 4) is 23.0 Å². The molecular formula is C30H26BrNO13. The van der Waals surface area contributed by atoms with Gasteiger partial charge in [0.2, 0.25) is 12.2 Å². The molecule has 2 atom stereocenters. The second-order valence-corrected chi connectivity index (χ2v) is 9.82. The van der Waals surface area contributed by atoms with Gasteiger partial charge in [0.25, 0.3) is 5.91 Å². The van der Waals surface area contributed by atoms with E-state index in [2.05, 4.69) is 21.2 Å². The Morgan fingerprint density at radius 1 is 0.667 bits per heavy atom. The van der Waals surface area contributed by atoms with E-state index in [1.54, 1.807) is 12.1 Å². The maximum atomic E-state index is 13.4. The molecular weight excluding hydrogens is 662 g/mol. The molecule has 0 saturated heterocycles. The number of carbonyl (C=O) groups is 6. The van der Waals surface area contributed by atoms with E-state index >= 15 is 0 Å². The highest BCUT2D eigenvalue weighted by molar-refractivity contribution is 9.10. The average molecular weight is 688 g/mol. The van der Waals surface area contributed by atoms with Gasteiger partial charge in [0.1, 0.15) is 0 Å². The summed E-state index contributed by atoms with van der Waals surface area (Å²) in [6, 6.07) is 13.2. The second-order valence-electron chi connectivity index (χ2n) is 8.90. The number of nitrogens with one attached hydrogen (secondary N) is 1. The molecule has 2 N–H and O–H groups in total. The van der Waals surface area contributed by atoms with Crippen molar-refractivity contribution in [1.82, 2.24) is 0 Å². The Morgan fingerprint density at radius 3 is 1.51 bits per heavy atom. The SMILES string of the molecule is COc1cc(C(=O)O[C@H](C(=O)Nc2ccc(Br)cc2)[C@@H](OC(=O)c2ccc(OC(C)=O)c(OC)c2)C(=O)O)ccc1OC(C)=O. The second kappa shape index (κ2) is 15.3. The Bertz CT molecular complexity index is 1620. The van der Waals surface area contributed by atoms with Crippen LogP contribution in [0.15, 0.2) is 65.1 Å². The minimum Gasteiger partial charge on any atom is -0.493 e. The number of carbonyl (C=O) groups excluding carboxylic acids is 5.